The second kappa shape index (κ2) is 6.33. The molecule has 0 radical (unpaired) electrons. The van der Waals surface area contributed by atoms with Crippen molar-refractivity contribution < 1.29 is 9.13 Å². The molecule has 0 atom stereocenters. The molecule has 2 rings (SSSR count). The lowest BCUT2D eigenvalue weighted by Crippen LogP contribution is -2.07. The van der Waals surface area contributed by atoms with Crippen LogP contribution in [0.5, 0.6) is 6.01 Å². The third-order valence-corrected chi connectivity index (χ3v) is 2.60. The third kappa shape index (κ3) is 3.45. The minimum atomic E-state index is -0.415. The maximum atomic E-state index is 13.0. The Kier molecular flexibility index (Phi) is 4.52. The number of anilines is 3. The zero-order valence-electron chi connectivity index (χ0n) is 10.9. The van der Waals surface area contributed by atoms with Crippen molar-refractivity contribution in [3.63, 3.8) is 0 Å². The van der Waals surface area contributed by atoms with Crippen LogP contribution in [0.25, 0.3) is 0 Å². The summed E-state index contributed by atoms with van der Waals surface area (Å²) in [5, 5.41) is 5.92. The van der Waals surface area contributed by atoms with Crippen LogP contribution in [0.1, 0.15) is 6.92 Å². The van der Waals surface area contributed by atoms with Crippen LogP contribution in [-0.4, -0.2) is 28.6 Å². The molecule has 2 aromatic rings. The molecule has 0 saturated carbocycles. The summed E-state index contributed by atoms with van der Waals surface area (Å²) in [7, 11) is 1.68. The molecule has 1 heterocycles. The number of halogens is 2. The molecule has 0 spiro atoms. The summed E-state index contributed by atoms with van der Waals surface area (Å²) in [6.45, 7) is 2.26. The lowest BCUT2D eigenvalue weighted by Gasteiger charge is -2.09. The van der Waals surface area contributed by atoms with E-state index in [9.17, 15) is 4.39 Å². The highest BCUT2D eigenvalue weighted by Gasteiger charge is 2.09. The zero-order chi connectivity index (χ0) is 14.5. The summed E-state index contributed by atoms with van der Waals surface area (Å²) in [5.41, 5.74) is 0.490. The van der Waals surface area contributed by atoms with Gasteiger partial charge in [0, 0.05) is 7.05 Å². The van der Waals surface area contributed by atoms with Gasteiger partial charge in [-0.15, -0.1) is 0 Å². The fraction of sp³-hybridized carbons (Fsp3) is 0.250. The van der Waals surface area contributed by atoms with Gasteiger partial charge >= 0.3 is 6.01 Å². The summed E-state index contributed by atoms with van der Waals surface area (Å²) < 4.78 is 18.2. The highest BCUT2D eigenvalue weighted by Crippen LogP contribution is 2.25. The molecule has 106 valence electrons. The monoisotopic (exact) mass is 297 g/mol. The first-order chi connectivity index (χ1) is 9.62. The van der Waals surface area contributed by atoms with Crippen molar-refractivity contribution in [3.05, 3.63) is 29.0 Å². The van der Waals surface area contributed by atoms with Gasteiger partial charge in [-0.1, -0.05) is 11.6 Å². The predicted molar refractivity (Wildman–Crippen MR) is 75.2 cm³/mol. The molecular weight excluding hydrogens is 285 g/mol. The smallest absolute Gasteiger partial charge is 0.323 e. The molecule has 6 nitrogen and oxygen atoms in total. The molecule has 20 heavy (non-hydrogen) atoms. The Labute approximate surface area is 120 Å². The number of rotatable bonds is 5. The number of benzene rings is 1. The van der Waals surface area contributed by atoms with Crippen LogP contribution in [0.15, 0.2) is 18.2 Å². The van der Waals surface area contributed by atoms with Gasteiger partial charge in [-0.25, -0.2) is 4.39 Å². The van der Waals surface area contributed by atoms with Gasteiger partial charge in [-0.3, -0.25) is 0 Å². The Morgan fingerprint density at radius 2 is 2.00 bits per heavy atom. The van der Waals surface area contributed by atoms with Gasteiger partial charge in [0.05, 0.1) is 17.3 Å². The fourth-order valence-corrected chi connectivity index (χ4v) is 1.64. The average Bonchev–Trinajstić information content (AvgIpc) is 2.42. The molecule has 0 fully saturated rings. The molecule has 0 saturated heterocycles. The Balaban J connectivity index is 2.29. The van der Waals surface area contributed by atoms with Crippen molar-refractivity contribution in [2.75, 3.05) is 24.3 Å². The van der Waals surface area contributed by atoms with Crippen LogP contribution in [0.2, 0.25) is 5.02 Å². The summed E-state index contributed by atoms with van der Waals surface area (Å²) in [6.07, 6.45) is 0. The van der Waals surface area contributed by atoms with E-state index in [1.807, 2.05) is 6.92 Å². The summed E-state index contributed by atoms with van der Waals surface area (Å²) >= 11 is 5.93. The van der Waals surface area contributed by atoms with E-state index in [0.717, 1.165) is 0 Å². The van der Waals surface area contributed by atoms with Gasteiger partial charge < -0.3 is 15.4 Å². The van der Waals surface area contributed by atoms with Crippen molar-refractivity contribution in [1.82, 2.24) is 15.0 Å². The molecular formula is C12H13ClFN5O. The Bertz CT molecular complexity index is 610. The van der Waals surface area contributed by atoms with Crippen molar-refractivity contribution >= 4 is 29.2 Å². The number of hydrogen-bond acceptors (Lipinski definition) is 6. The van der Waals surface area contributed by atoms with Crippen LogP contribution >= 0.6 is 11.6 Å². The van der Waals surface area contributed by atoms with Crippen LogP contribution in [0.4, 0.5) is 22.0 Å². The Morgan fingerprint density at radius 1 is 1.25 bits per heavy atom. The van der Waals surface area contributed by atoms with E-state index in [2.05, 4.69) is 25.6 Å². The number of nitrogens with zero attached hydrogens (tertiary/aromatic N) is 3. The lowest BCUT2D eigenvalue weighted by atomic mass is 10.3. The van der Waals surface area contributed by atoms with Gasteiger partial charge in [-0.2, -0.15) is 15.0 Å². The van der Waals surface area contributed by atoms with E-state index in [1.54, 1.807) is 7.05 Å². The molecule has 0 aliphatic carbocycles. The molecule has 1 aromatic heterocycles. The van der Waals surface area contributed by atoms with Crippen molar-refractivity contribution in [1.29, 1.82) is 0 Å². The lowest BCUT2D eigenvalue weighted by molar-refractivity contribution is 0.312. The average molecular weight is 298 g/mol. The molecule has 0 unspecified atom stereocenters. The number of ether oxygens (including phenoxy) is 1. The van der Waals surface area contributed by atoms with Crippen molar-refractivity contribution in [3.8, 4) is 6.01 Å². The number of hydrogen-bond donors (Lipinski definition) is 2. The van der Waals surface area contributed by atoms with E-state index in [1.165, 1.54) is 18.2 Å². The molecule has 0 amide bonds. The first-order valence-electron chi connectivity index (χ1n) is 5.91. The van der Waals surface area contributed by atoms with Crippen LogP contribution in [-0.2, 0) is 0 Å². The maximum absolute atomic E-state index is 13.0. The standard InChI is InChI=1S/C12H13ClFN5O/c1-3-20-12-18-10(15-2)17-11(19-12)16-9-5-4-7(14)6-8(9)13/h4-6H,3H2,1-2H3,(H2,15,16,17,18,19). The SMILES string of the molecule is CCOc1nc(NC)nc(Nc2ccc(F)cc2Cl)n1. The molecule has 8 heteroatoms. The van der Waals surface area contributed by atoms with E-state index < -0.39 is 5.82 Å². The molecule has 0 aliphatic heterocycles. The molecule has 1 aromatic carbocycles. The summed E-state index contributed by atoms with van der Waals surface area (Å²) in [5.74, 6) is 0.188. The minimum absolute atomic E-state index is 0.188. The van der Waals surface area contributed by atoms with Gasteiger partial charge in [0.1, 0.15) is 5.82 Å². The Morgan fingerprint density at radius 3 is 2.65 bits per heavy atom. The second-order valence-electron chi connectivity index (χ2n) is 3.70. The zero-order valence-corrected chi connectivity index (χ0v) is 11.7. The molecule has 0 bridgehead atoms. The van der Waals surface area contributed by atoms with E-state index in [-0.39, 0.29) is 17.0 Å². The first-order valence-corrected chi connectivity index (χ1v) is 6.29. The second-order valence-corrected chi connectivity index (χ2v) is 4.10. The first kappa shape index (κ1) is 14.3. The highest BCUT2D eigenvalue weighted by molar-refractivity contribution is 6.33. The third-order valence-electron chi connectivity index (χ3n) is 2.29. The molecule has 2 N–H and O–H groups in total. The topological polar surface area (TPSA) is 72.0 Å². The fourth-order valence-electron chi connectivity index (χ4n) is 1.43. The van der Waals surface area contributed by atoms with Gasteiger partial charge in [0.25, 0.3) is 0 Å². The van der Waals surface area contributed by atoms with Crippen LogP contribution in [0.3, 0.4) is 0 Å². The summed E-state index contributed by atoms with van der Waals surface area (Å²) in [4.78, 5) is 12.2. The maximum Gasteiger partial charge on any atom is 0.323 e. The van der Waals surface area contributed by atoms with E-state index in [4.69, 9.17) is 16.3 Å². The Hall–Kier alpha value is -2.15. The van der Waals surface area contributed by atoms with Crippen molar-refractivity contribution in [2.45, 2.75) is 6.92 Å². The predicted octanol–water partition coefficient (Wildman–Crippen LogP) is 2.85. The van der Waals surface area contributed by atoms with Gasteiger partial charge in [0.2, 0.25) is 11.9 Å². The highest BCUT2D eigenvalue weighted by atomic mass is 35.5. The quantitative estimate of drug-likeness (QED) is 0.884. The van der Waals surface area contributed by atoms with Crippen molar-refractivity contribution in [2.24, 2.45) is 0 Å². The van der Waals surface area contributed by atoms with E-state index >= 15 is 0 Å². The van der Waals surface area contributed by atoms with Gasteiger partial charge in [-0.05, 0) is 25.1 Å². The molecule has 0 aliphatic rings. The summed E-state index contributed by atoms with van der Waals surface area (Å²) in [6, 6.07) is 4.18. The van der Waals surface area contributed by atoms with Crippen LogP contribution in [0, 0.1) is 5.82 Å². The minimum Gasteiger partial charge on any atom is -0.464 e. The van der Waals surface area contributed by atoms with E-state index in [0.29, 0.717) is 18.2 Å². The number of aromatic nitrogens is 3. The van der Waals surface area contributed by atoms with Gasteiger partial charge in [0.15, 0.2) is 0 Å². The van der Waals surface area contributed by atoms with Crippen LogP contribution < -0.4 is 15.4 Å². The number of nitrogens with one attached hydrogen (secondary N) is 2. The largest absolute Gasteiger partial charge is 0.464 e. The normalized spacial score (nSPS) is 10.2.